The van der Waals surface area contributed by atoms with Crippen molar-refractivity contribution in [3.63, 3.8) is 0 Å². The topological polar surface area (TPSA) is 116 Å². The van der Waals surface area contributed by atoms with Crippen LogP contribution in [-0.2, 0) is 0 Å². The van der Waals surface area contributed by atoms with Crippen molar-refractivity contribution >= 4 is 15.9 Å². The van der Waals surface area contributed by atoms with Gasteiger partial charge in [0.1, 0.15) is 29.9 Å². The van der Waals surface area contributed by atoms with E-state index >= 15 is 0 Å². The smallest absolute Gasteiger partial charge is 0.329 e. The molecule has 4 N–H and O–H groups in total. The first kappa shape index (κ1) is 23.8. The van der Waals surface area contributed by atoms with Gasteiger partial charge in [0, 0.05) is 21.3 Å². The van der Waals surface area contributed by atoms with Gasteiger partial charge in [-0.15, -0.1) is 0 Å². The zero-order valence-electron chi connectivity index (χ0n) is 19.2. The summed E-state index contributed by atoms with van der Waals surface area (Å²) >= 11 is 3.45. The molecule has 1 atom stereocenters. The highest BCUT2D eigenvalue weighted by Gasteiger charge is 2.29. The molecule has 4 rings (SSSR count). The fraction of sp³-hybridized carbons (Fsp3) is 0.280. The summed E-state index contributed by atoms with van der Waals surface area (Å²) in [5.74, 6) is 0.989. The first-order chi connectivity index (χ1) is 16.3. The number of aliphatic hydroxyl groups is 1. The molecule has 0 aliphatic rings. The standard InChI is InChI=1S/C25H27BrN4O4/c1-14(2)22(23-27-15(3)20(28-23)16-4-8-18(26)9-5-16)30-24(32)21(29-25(30)33)17-6-10-19(11-7-17)34-13-12-31/h4-11,14,22,31-32H,12-13H2,1-3H3,(H,27,28)(H,29,33)/t22-/m0/s1. The van der Waals surface area contributed by atoms with Gasteiger partial charge in [0.2, 0.25) is 5.88 Å². The molecule has 0 unspecified atom stereocenters. The lowest BCUT2D eigenvalue weighted by molar-refractivity contribution is 0.201. The van der Waals surface area contributed by atoms with Crippen LogP contribution in [0.15, 0.2) is 57.8 Å². The van der Waals surface area contributed by atoms with Gasteiger partial charge in [0.05, 0.1) is 12.3 Å². The third-order valence-electron chi connectivity index (χ3n) is 5.62. The van der Waals surface area contributed by atoms with E-state index in [1.807, 2.05) is 45.0 Å². The first-order valence-electron chi connectivity index (χ1n) is 11.0. The first-order valence-corrected chi connectivity index (χ1v) is 11.8. The van der Waals surface area contributed by atoms with Crippen LogP contribution in [0.5, 0.6) is 11.6 Å². The molecule has 2 aromatic heterocycles. The number of nitrogens with one attached hydrogen (secondary N) is 2. The summed E-state index contributed by atoms with van der Waals surface area (Å²) in [5, 5.41) is 20.0. The maximum Gasteiger partial charge on any atom is 0.329 e. The van der Waals surface area contributed by atoms with Gasteiger partial charge in [0.25, 0.3) is 0 Å². The number of ether oxygens (including phenoxy) is 1. The van der Waals surface area contributed by atoms with Crippen LogP contribution in [0.25, 0.3) is 22.5 Å². The zero-order chi connectivity index (χ0) is 24.4. The van der Waals surface area contributed by atoms with Crippen molar-refractivity contribution in [3.05, 3.63) is 75.0 Å². The Labute approximate surface area is 205 Å². The van der Waals surface area contributed by atoms with E-state index in [1.54, 1.807) is 24.3 Å². The van der Waals surface area contributed by atoms with Gasteiger partial charge in [-0.25, -0.2) is 9.78 Å². The molecule has 0 aliphatic carbocycles. The molecule has 0 bridgehead atoms. The summed E-state index contributed by atoms with van der Waals surface area (Å²) in [5.41, 5.74) is 3.17. The molecular weight excluding hydrogens is 500 g/mol. The summed E-state index contributed by atoms with van der Waals surface area (Å²) in [6, 6.07) is 14.3. The Morgan fingerprint density at radius 1 is 1.06 bits per heavy atom. The number of nitrogens with zero attached hydrogens (tertiary/aromatic N) is 2. The van der Waals surface area contributed by atoms with Crippen molar-refractivity contribution in [2.75, 3.05) is 13.2 Å². The zero-order valence-corrected chi connectivity index (χ0v) is 20.8. The molecule has 2 aromatic carbocycles. The van der Waals surface area contributed by atoms with Crippen molar-refractivity contribution in [2.45, 2.75) is 26.8 Å². The van der Waals surface area contributed by atoms with Gasteiger partial charge < -0.3 is 24.9 Å². The van der Waals surface area contributed by atoms with Gasteiger partial charge in [-0.3, -0.25) is 4.57 Å². The second-order valence-electron chi connectivity index (χ2n) is 8.39. The molecule has 178 valence electrons. The van der Waals surface area contributed by atoms with E-state index < -0.39 is 11.7 Å². The van der Waals surface area contributed by atoms with Crippen LogP contribution in [0.3, 0.4) is 0 Å². The number of aliphatic hydroxyl groups excluding tert-OH is 1. The number of aromatic hydroxyl groups is 1. The Hall–Kier alpha value is -3.30. The molecule has 0 amide bonds. The number of imidazole rings is 2. The summed E-state index contributed by atoms with van der Waals surface area (Å²) in [6.07, 6.45) is 0. The van der Waals surface area contributed by atoms with Crippen LogP contribution in [0.4, 0.5) is 0 Å². The normalized spacial score (nSPS) is 12.3. The minimum Gasteiger partial charge on any atom is -0.493 e. The lowest BCUT2D eigenvalue weighted by atomic mass is 10.0. The summed E-state index contributed by atoms with van der Waals surface area (Å²) in [6.45, 7) is 6.02. The number of hydrogen-bond donors (Lipinski definition) is 4. The number of aromatic amines is 2. The van der Waals surface area contributed by atoms with Crippen molar-refractivity contribution in [3.8, 4) is 34.1 Å². The quantitative estimate of drug-likeness (QED) is 0.267. The minimum atomic E-state index is -0.507. The van der Waals surface area contributed by atoms with E-state index in [-0.39, 0.29) is 25.0 Å². The molecule has 0 saturated heterocycles. The molecule has 34 heavy (non-hydrogen) atoms. The highest BCUT2D eigenvalue weighted by Crippen LogP contribution is 2.35. The predicted octanol–water partition coefficient (Wildman–Crippen LogP) is 4.63. The van der Waals surface area contributed by atoms with Gasteiger partial charge in [0.15, 0.2) is 0 Å². The van der Waals surface area contributed by atoms with Crippen molar-refractivity contribution in [1.82, 2.24) is 19.5 Å². The van der Waals surface area contributed by atoms with Crippen LogP contribution in [0.2, 0.25) is 0 Å². The van der Waals surface area contributed by atoms with Gasteiger partial charge in [-0.2, -0.15) is 0 Å². The molecule has 0 spiro atoms. The fourth-order valence-corrected chi connectivity index (χ4v) is 4.29. The molecule has 0 fully saturated rings. The summed E-state index contributed by atoms with van der Waals surface area (Å²) in [4.78, 5) is 23.9. The average molecular weight is 527 g/mol. The maximum absolute atomic E-state index is 13.0. The molecule has 4 aromatic rings. The molecule has 0 saturated carbocycles. The third-order valence-corrected chi connectivity index (χ3v) is 6.14. The van der Waals surface area contributed by atoms with Gasteiger partial charge in [-0.05, 0) is 49.2 Å². The molecule has 9 heteroatoms. The minimum absolute atomic E-state index is 0.0372. The number of benzene rings is 2. The van der Waals surface area contributed by atoms with Crippen LogP contribution in [0.1, 0.15) is 31.4 Å². The van der Waals surface area contributed by atoms with Crippen molar-refractivity contribution in [2.24, 2.45) is 5.92 Å². The SMILES string of the molecule is Cc1[nH]c([C@H](C(C)C)n2c(O)c(-c3ccc(OCCO)cc3)[nH]c2=O)nc1-c1ccc(Br)cc1. The van der Waals surface area contributed by atoms with E-state index in [9.17, 15) is 9.90 Å². The van der Waals surface area contributed by atoms with Crippen LogP contribution in [-0.4, -0.2) is 42.9 Å². The number of hydrogen-bond acceptors (Lipinski definition) is 5. The summed E-state index contributed by atoms with van der Waals surface area (Å²) in [7, 11) is 0. The van der Waals surface area contributed by atoms with Crippen molar-refractivity contribution in [1.29, 1.82) is 0 Å². The second-order valence-corrected chi connectivity index (χ2v) is 9.30. The van der Waals surface area contributed by atoms with E-state index in [0.29, 0.717) is 22.8 Å². The lowest BCUT2D eigenvalue weighted by Crippen LogP contribution is -2.27. The molecule has 0 aliphatic heterocycles. The molecular formula is C25H27BrN4O4. The molecule has 8 nitrogen and oxygen atoms in total. The Bertz CT molecular complexity index is 1320. The van der Waals surface area contributed by atoms with Crippen LogP contribution >= 0.6 is 15.9 Å². The van der Waals surface area contributed by atoms with E-state index in [2.05, 4.69) is 25.9 Å². The predicted molar refractivity (Wildman–Crippen MR) is 134 cm³/mol. The highest BCUT2D eigenvalue weighted by atomic mass is 79.9. The number of halogens is 1. The fourth-order valence-electron chi connectivity index (χ4n) is 4.03. The van der Waals surface area contributed by atoms with Crippen LogP contribution in [0, 0.1) is 12.8 Å². The maximum atomic E-state index is 13.0. The molecule has 2 heterocycles. The largest absolute Gasteiger partial charge is 0.493 e. The van der Waals surface area contributed by atoms with E-state index in [0.717, 1.165) is 21.4 Å². The number of aryl methyl sites for hydroxylation is 1. The van der Waals surface area contributed by atoms with E-state index in [4.69, 9.17) is 14.8 Å². The second kappa shape index (κ2) is 9.90. The highest BCUT2D eigenvalue weighted by molar-refractivity contribution is 9.10. The van der Waals surface area contributed by atoms with Crippen molar-refractivity contribution < 1.29 is 14.9 Å². The number of H-pyrrole nitrogens is 2. The molecule has 0 radical (unpaired) electrons. The summed E-state index contributed by atoms with van der Waals surface area (Å²) < 4.78 is 7.71. The van der Waals surface area contributed by atoms with E-state index in [1.165, 1.54) is 4.57 Å². The average Bonchev–Trinajstić information content (AvgIpc) is 3.33. The van der Waals surface area contributed by atoms with Crippen LogP contribution < -0.4 is 10.4 Å². The monoisotopic (exact) mass is 526 g/mol. The Kier molecular flexibility index (Phi) is 6.95. The van der Waals surface area contributed by atoms with Gasteiger partial charge in [-0.1, -0.05) is 41.9 Å². The number of aromatic nitrogens is 4. The number of rotatable bonds is 8. The Balaban J connectivity index is 1.73. The van der Waals surface area contributed by atoms with Gasteiger partial charge >= 0.3 is 5.69 Å². The Morgan fingerprint density at radius 3 is 2.32 bits per heavy atom. The third kappa shape index (κ3) is 4.67. The lowest BCUT2D eigenvalue weighted by Gasteiger charge is -2.20. The Morgan fingerprint density at radius 2 is 1.71 bits per heavy atom.